The van der Waals surface area contributed by atoms with Crippen LogP contribution < -0.4 is 16.4 Å². The topological polar surface area (TPSA) is 178 Å². The first-order valence-electron chi connectivity index (χ1n) is 11.6. The number of phenolic OH excluding ortho intramolecular Hbond substituents is 1. The molecule has 0 radical (unpaired) electrons. The van der Waals surface area contributed by atoms with Gasteiger partial charge in [0.15, 0.2) is 5.96 Å². The summed E-state index contributed by atoms with van der Waals surface area (Å²) in [4.78, 5) is 39.5. The molecule has 1 aromatic rings. The number of likely N-dealkylation sites (tertiary alicyclic amines) is 1. The Bertz CT molecular complexity index is 943. The standard InChI is InChI=1S/C24H37N5O6/c1-13-10-16(30)11-14(2)17(13)12-18(21(32)33)27-20(31)19(28-23(34)35-24(3,4)5)15-6-8-29(9-7-15)22(25)26/h10-11,15,18-19,30H,6-9,12H2,1-5H3,(H3,25,26)(H,27,31)(H,28,34)(H,32,33)/t18-,19+/m0/s1. The lowest BCUT2D eigenvalue weighted by molar-refractivity contribution is -0.142. The molecule has 1 aromatic carbocycles. The third-order valence-corrected chi connectivity index (χ3v) is 6.01. The first-order valence-corrected chi connectivity index (χ1v) is 11.6. The number of carbonyl (C=O) groups excluding carboxylic acids is 2. The van der Waals surface area contributed by atoms with Crippen LogP contribution in [-0.2, 0) is 20.7 Å². The number of nitrogens with one attached hydrogen (secondary N) is 3. The van der Waals surface area contributed by atoms with Gasteiger partial charge in [-0.05, 0) is 82.2 Å². The Kier molecular flexibility index (Phi) is 8.94. The van der Waals surface area contributed by atoms with Crippen molar-refractivity contribution in [2.24, 2.45) is 11.7 Å². The third-order valence-electron chi connectivity index (χ3n) is 6.01. The molecule has 0 aromatic heterocycles. The summed E-state index contributed by atoms with van der Waals surface area (Å²) in [5.41, 5.74) is 6.92. The summed E-state index contributed by atoms with van der Waals surface area (Å²) in [6.45, 7) is 9.51. The smallest absolute Gasteiger partial charge is 0.408 e. The van der Waals surface area contributed by atoms with E-state index in [1.165, 1.54) is 0 Å². The monoisotopic (exact) mass is 491 g/mol. The van der Waals surface area contributed by atoms with Crippen molar-refractivity contribution < 1.29 is 29.3 Å². The normalized spacial score (nSPS) is 16.2. The van der Waals surface area contributed by atoms with Crippen LogP contribution in [0, 0.1) is 25.2 Å². The quantitative estimate of drug-likeness (QED) is 0.246. The molecule has 1 aliphatic rings. The number of guanidine groups is 1. The number of nitrogens with two attached hydrogens (primary N) is 1. The lowest BCUT2D eigenvalue weighted by atomic mass is 9.88. The van der Waals surface area contributed by atoms with E-state index in [9.17, 15) is 24.6 Å². The minimum absolute atomic E-state index is 0.0148. The van der Waals surface area contributed by atoms with Crippen LogP contribution >= 0.6 is 0 Å². The van der Waals surface area contributed by atoms with E-state index >= 15 is 0 Å². The van der Waals surface area contributed by atoms with E-state index in [0.29, 0.717) is 42.6 Å². The minimum atomic E-state index is -1.25. The summed E-state index contributed by atoms with van der Waals surface area (Å²) in [5, 5.41) is 32.4. The average molecular weight is 492 g/mol. The molecule has 2 rings (SSSR count). The molecule has 2 amide bonds. The van der Waals surface area contributed by atoms with E-state index in [-0.39, 0.29) is 24.0 Å². The molecule has 0 bridgehead atoms. The number of aliphatic carboxylic acids is 1. The van der Waals surface area contributed by atoms with Crippen LogP contribution in [0.1, 0.15) is 50.3 Å². The van der Waals surface area contributed by atoms with Crippen molar-refractivity contribution in [1.29, 1.82) is 5.41 Å². The fourth-order valence-electron chi connectivity index (χ4n) is 4.26. The number of rotatable bonds is 7. The molecule has 1 saturated heterocycles. The molecule has 11 nitrogen and oxygen atoms in total. The van der Waals surface area contributed by atoms with Gasteiger partial charge in [0.25, 0.3) is 0 Å². The van der Waals surface area contributed by atoms with Crippen molar-refractivity contribution >= 4 is 23.9 Å². The predicted octanol–water partition coefficient (Wildman–Crippen LogP) is 1.62. The number of amides is 2. The van der Waals surface area contributed by atoms with E-state index in [1.54, 1.807) is 51.7 Å². The summed E-state index contributed by atoms with van der Waals surface area (Å²) in [7, 11) is 0. The summed E-state index contributed by atoms with van der Waals surface area (Å²) in [6.07, 6.45) is 0.188. The molecule has 0 spiro atoms. The number of carboxylic acid groups (broad SMARTS) is 1. The molecule has 0 unspecified atom stereocenters. The second-order valence-corrected chi connectivity index (χ2v) is 10.00. The van der Waals surface area contributed by atoms with E-state index < -0.39 is 35.7 Å². The Labute approximate surface area is 205 Å². The summed E-state index contributed by atoms with van der Waals surface area (Å²) >= 11 is 0. The second kappa shape index (κ2) is 11.3. The highest BCUT2D eigenvalue weighted by Gasteiger charge is 2.36. The zero-order chi connectivity index (χ0) is 26.5. The highest BCUT2D eigenvalue weighted by atomic mass is 16.6. The van der Waals surface area contributed by atoms with Crippen LogP contribution in [-0.4, -0.2) is 69.8 Å². The molecular weight excluding hydrogens is 454 g/mol. The number of alkyl carbamates (subject to hydrolysis) is 1. The number of hydrogen-bond donors (Lipinski definition) is 6. The first-order chi connectivity index (χ1) is 16.2. The maximum Gasteiger partial charge on any atom is 0.408 e. The summed E-state index contributed by atoms with van der Waals surface area (Å²) in [6, 6.07) is 0.810. The third kappa shape index (κ3) is 8.04. The Hall–Kier alpha value is -3.50. The number of aromatic hydroxyl groups is 1. The molecule has 1 fully saturated rings. The molecule has 35 heavy (non-hydrogen) atoms. The number of nitrogens with zero attached hydrogens (tertiary/aromatic N) is 1. The van der Waals surface area contributed by atoms with Crippen molar-refractivity contribution in [2.45, 2.75) is 71.6 Å². The van der Waals surface area contributed by atoms with Gasteiger partial charge in [0.1, 0.15) is 23.4 Å². The highest BCUT2D eigenvalue weighted by molar-refractivity contribution is 5.89. The van der Waals surface area contributed by atoms with Gasteiger partial charge in [0.2, 0.25) is 5.91 Å². The highest BCUT2D eigenvalue weighted by Crippen LogP contribution is 2.24. The van der Waals surface area contributed by atoms with Crippen LogP contribution in [0.3, 0.4) is 0 Å². The molecule has 0 aliphatic carbocycles. The number of carboxylic acids is 1. The maximum atomic E-state index is 13.3. The van der Waals surface area contributed by atoms with Crippen LogP contribution in [0.5, 0.6) is 5.75 Å². The Morgan fingerprint density at radius 1 is 1.17 bits per heavy atom. The maximum absolute atomic E-state index is 13.3. The SMILES string of the molecule is Cc1cc(O)cc(C)c1C[C@H](NC(=O)[C@H](NC(=O)OC(C)(C)C)C1CCN(C(=N)N)CC1)C(=O)O. The van der Waals surface area contributed by atoms with Crippen LogP contribution in [0.2, 0.25) is 0 Å². The molecule has 1 aliphatic heterocycles. The molecule has 0 saturated carbocycles. The van der Waals surface area contributed by atoms with Crippen LogP contribution in [0.4, 0.5) is 4.79 Å². The van der Waals surface area contributed by atoms with Gasteiger partial charge in [-0.2, -0.15) is 0 Å². The number of aryl methyl sites for hydroxylation is 2. The molecule has 11 heteroatoms. The Morgan fingerprint density at radius 3 is 2.17 bits per heavy atom. The number of piperidine rings is 1. The number of carbonyl (C=O) groups is 3. The van der Waals surface area contributed by atoms with Crippen LogP contribution in [0.25, 0.3) is 0 Å². The zero-order valence-electron chi connectivity index (χ0n) is 21.0. The predicted molar refractivity (Wildman–Crippen MR) is 130 cm³/mol. The second-order valence-electron chi connectivity index (χ2n) is 10.00. The minimum Gasteiger partial charge on any atom is -0.508 e. The van der Waals surface area contributed by atoms with Gasteiger partial charge >= 0.3 is 12.1 Å². The van der Waals surface area contributed by atoms with Crippen molar-refractivity contribution in [1.82, 2.24) is 15.5 Å². The fraction of sp³-hybridized carbons (Fsp3) is 0.583. The van der Waals surface area contributed by atoms with E-state index in [0.717, 1.165) is 0 Å². The Morgan fingerprint density at radius 2 is 1.71 bits per heavy atom. The zero-order valence-corrected chi connectivity index (χ0v) is 21.0. The van der Waals surface area contributed by atoms with Gasteiger partial charge in [0.05, 0.1) is 0 Å². The van der Waals surface area contributed by atoms with Crippen molar-refractivity contribution in [3.8, 4) is 5.75 Å². The van der Waals surface area contributed by atoms with Crippen LogP contribution in [0.15, 0.2) is 12.1 Å². The van der Waals surface area contributed by atoms with Gasteiger partial charge in [-0.3, -0.25) is 10.2 Å². The molecular formula is C24H37N5O6. The number of phenols is 1. The van der Waals surface area contributed by atoms with Crippen molar-refractivity contribution in [3.63, 3.8) is 0 Å². The number of benzene rings is 1. The summed E-state index contributed by atoms with van der Waals surface area (Å²) in [5.74, 6) is -2.12. The number of hydrogen-bond acceptors (Lipinski definition) is 6. The average Bonchev–Trinajstić information content (AvgIpc) is 2.72. The molecule has 1 heterocycles. The van der Waals surface area contributed by atoms with Gasteiger partial charge < -0.3 is 36.2 Å². The van der Waals surface area contributed by atoms with Gasteiger partial charge in [-0.15, -0.1) is 0 Å². The molecule has 2 atom stereocenters. The molecule has 194 valence electrons. The largest absolute Gasteiger partial charge is 0.508 e. The van der Waals surface area contributed by atoms with Crippen molar-refractivity contribution in [2.75, 3.05) is 13.1 Å². The van der Waals surface area contributed by atoms with Gasteiger partial charge in [-0.25, -0.2) is 9.59 Å². The summed E-state index contributed by atoms with van der Waals surface area (Å²) < 4.78 is 5.32. The van der Waals surface area contributed by atoms with E-state index in [2.05, 4.69) is 10.6 Å². The van der Waals surface area contributed by atoms with E-state index in [4.69, 9.17) is 15.9 Å². The lowest BCUT2D eigenvalue weighted by Gasteiger charge is -2.36. The van der Waals surface area contributed by atoms with E-state index in [1.807, 2.05) is 0 Å². The lowest BCUT2D eigenvalue weighted by Crippen LogP contribution is -2.57. The van der Waals surface area contributed by atoms with Gasteiger partial charge in [0, 0.05) is 19.5 Å². The Balaban J connectivity index is 2.23. The fourth-order valence-corrected chi connectivity index (χ4v) is 4.26. The van der Waals surface area contributed by atoms with Crippen molar-refractivity contribution in [3.05, 3.63) is 28.8 Å². The number of ether oxygens (including phenoxy) is 1. The molecule has 7 N–H and O–H groups in total. The first kappa shape index (κ1) is 27.7. The van der Waals surface area contributed by atoms with Gasteiger partial charge in [-0.1, -0.05) is 0 Å².